The van der Waals surface area contributed by atoms with Crippen molar-refractivity contribution in [2.75, 3.05) is 6.54 Å². The maximum absolute atomic E-state index is 5.43. The van der Waals surface area contributed by atoms with Crippen molar-refractivity contribution in [1.82, 2.24) is 15.5 Å². The first-order valence-corrected chi connectivity index (χ1v) is 7.02. The Morgan fingerprint density at radius 3 is 3.16 bits per heavy atom. The first-order valence-electron chi connectivity index (χ1n) is 7.02. The van der Waals surface area contributed by atoms with Gasteiger partial charge in [0.2, 0.25) is 5.89 Å². The Kier molecular flexibility index (Phi) is 3.60. The van der Waals surface area contributed by atoms with Crippen molar-refractivity contribution in [2.45, 2.75) is 38.6 Å². The fourth-order valence-corrected chi connectivity index (χ4v) is 2.55. The largest absolute Gasteiger partial charge is 0.337 e. The van der Waals surface area contributed by atoms with Crippen LogP contribution in [0.25, 0.3) is 0 Å². The van der Waals surface area contributed by atoms with E-state index in [-0.39, 0.29) is 6.04 Å². The molecule has 0 fully saturated rings. The average Bonchev–Trinajstić information content (AvgIpc) is 2.93. The molecule has 2 heterocycles. The summed E-state index contributed by atoms with van der Waals surface area (Å²) in [5, 5.41) is 7.54. The highest BCUT2D eigenvalue weighted by atomic mass is 16.5. The van der Waals surface area contributed by atoms with E-state index in [2.05, 4.69) is 46.6 Å². The van der Waals surface area contributed by atoms with Crippen molar-refractivity contribution < 1.29 is 4.52 Å². The van der Waals surface area contributed by atoms with Gasteiger partial charge in [-0.3, -0.25) is 0 Å². The van der Waals surface area contributed by atoms with Crippen LogP contribution in [0.5, 0.6) is 0 Å². The molecule has 2 aromatic rings. The summed E-state index contributed by atoms with van der Waals surface area (Å²) in [6.07, 6.45) is 4.21. The summed E-state index contributed by atoms with van der Waals surface area (Å²) < 4.78 is 5.43. The summed E-state index contributed by atoms with van der Waals surface area (Å²) in [4.78, 5) is 4.53. The standard InChI is InChI=1S/C15H19N3O/c1-2-3-8-13-17-15(19-18-13)14-12-7-5-4-6-11(12)9-10-16-14/h4-7,14,16H,2-3,8-10H2,1H3. The zero-order valence-electron chi connectivity index (χ0n) is 11.2. The highest BCUT2D eigenvalue weighted by Crippen LogP contribution is 2.27. The zero-order valence-corrected chi connectivity index (χ0v) is 11.2. The van der Waals surface area contributed by atoms with E-state index in [1.807, 2.05) is 0 Å². The number of benzene rings is 1. The molecule has 0 radical (unpaired) electrons. The molecule has 4 heteroatoms. The molecule has 3 rings (SSSR count). The first kappa shape index (κ1) is 12.4. The van der Waals surface area contributed by atoms with Crippen molar-refractivity contribution in [1.29, 1.82) is 0 Å². The Balaban J connectivity index is 1.85. The van der Waals surface area contributed by atoms with Gasteiger partial charge in [-0.1, -0.05) is 42.8 Å². The number of unbranched alkanes of at least 4 members (excludes halogenated alkanes) is 1. The molecule has 1 aliphatic heterocycles. The lowest BCUT2D eigenvalue weighted by molar-refractivity contribution is 0.340. The average molecular weight is 257 g/mol. The van der Waals surface area contributed by atoms with Gasteiger partial charge >= 0.3 is 0 Å². The van der Waals surface area contributed by atoms with E-state index < -0.39 is 0 Å². The lowest BCUT2D eigenvalue weighted by atomic mass is 9.94. The molecule has 1 atom stereocenters. The molecule has 100 valence electrons. The van der Waals surface area contributed by atoms with Crippen molar-refractivity contribution in [3.63, 3.8) is 0 Å². The van der Waals surface area contributed by atoms with Crippen LogP contribution in [0.4, 0.5) is 0 Å². The number of aromatic nitrogens is 2. The van der Waals surface area contributed by atoms with E-state index in [0.29, 0.717) is 5.89 Å². The van der Waals surface area contributed by atoms with Gasteiger partial charge in [0.05, 0.1) is 0 Å². The van der Waals surface area contributed by atoms with Crippen LogP contribution in [0.2, 0.25) is 0 Å². The number of rotatable bonds is 4. The smallest absolute Gasteiger partial charge is 0.248 e. The molecular weight excluding hydrogens is 238 g/mol. The minimum absolute atomic E-state index is 0.0489. The number of fused-ring (bicyclic) bond motifs is 1. The molecule has 4 nitrogen and oxygen atoms in total. The summed E-state index contributed by atoms with van der Waals surface area (Å²) in [7, 11) is 0. The van der Waals surface area contributed by atoms with Gasteiger partial charge in [0.15, 0.2) is 5.82 Å². The number of hydrogen-bond donors (Lipinski definition) is 1. The van der Waals surface area contributed by atoms with E-state index in [1.165, 1.54) is 11.1 Å². The quantitative estimate of drug-likeness (QED) is 0.914. The lowest BCUT2D eigenvalue weighted by Gasteiger charge is -2.23. The van der Waals surface area contributed by atoms with Crippen molar-refractivity contribution in [3.8, 4) is 0 Å². The molecule has 1 N–H and O–H groups in total. The lowest BCUT2D eigenvalue weighted by Crippen LogP contribution is -2.30. The molecule has 1 aromatic heterocycles. The van der Waals surface area contributed by atoms with Crippen molar-refractivity contribution >= 4 is 0 Å². The number of nitrogens with zero attached hydrogens (tertiary/aromatic N) is 2. The second-order valence-electron chi connectivity index (χ2n) is 4.99. The Morgan fingerprint density at radius 2 is 2.26 bits per heavy atom. The van der Waals surface area contributed by atoms with Crippen LogP contribution in [-0.4, -0.2) is 16.7 Å². The van der Waals surface area contributed by atoms with Gasteiger partial charge in [-0.2, -0.15) is 4.98 Å². The van der Waals surface area contributed by atoms with E-state index in [9.17, 15) is 0 Å². The fraction of sp³-hybridized carbons (Fsp3) is 0.467. The van der Waals surface area contributed by atoms with Gasteiger partial charge in [-0.05, 0) is 24.0 Å². The topological polar surface area (TPSA) is 51.0 Å². The summed E-state index contributed by atoms with van der Waals surface area (Å²) in [6.45, 7) is 3.12. The van der Waals surface area contributed by atoms with Gasteiger partial charge in [0, 0.05) is 13.0 Å². The highest BCUT2D eigenvalue weighted by molar-refractivity contribution is 5.35. The third-order valence-corrected chi connectivity index (χ3v) is 3.59. The van der Waals surface area contributed by atoms with Crippen LogP contribution < -0.4 is 5.32 Å². The summed E-state index contributed by atoms with van der Waals surface area (Å²) >= 11 is 0. The van der Waals surface area contributed by atoms with Crippen LogP contribution >= 0.6 is 0 Å². The molecule has 0 spiro atoms. The molecule has 0 saturated heterocycles. The highest BCUT2D eigenvalue weighted by Gasteiger charge is 2.25. The SMILES string of the molecule is CCCCc1noc(C2NCCc3ccccc32)n1. The summed E-state index contributed by atoms with van der Waals surface area (Å²) in [5.41, 5.74) is 2.64. The molecule has 0 amide bonds. The normalized spacial score (nSPS) is 18.3. The number of aryl methyl sites for hydroxylation is 1. The Hall–Kier alpha value is -1.68. The minimum Gasteiger partial charge on any atom is -0.337 e. The minimum atomic E-state index is 0.0489. The third-order valence-electron chi connectivity index (χ3n) is 3.59. The second-order valence-corrected chi connectivity index (χ2v) is 4.99. The maximum atomic E-state index is 5.43. The van der Waals surface area contributed by atoms with Gasteiger partial charge < -0.3 is 9.84 Å². The second kappa shape index (κ2) is 5.53. The van der Waals surface area contributed by atoms with Gasteiger partial charge in [0.1, 0.15) is 6.04 Å². The first-order chi connectivity index (χ1) is 9.38. The van der Waals surface area contributed by atoms with Crippen LogP contribution in [0, 0.1) is 0 Å². The maximum Gasteiger partial charge on any atom is 0.248 e. The van der Waals surface area contributed by atoms with Gasteiger partial charge in [-0.15, -0.1) is 0 Å². The van der Waals surface area contributed by atoms with Crippen molar-refractivity contribution in [3.05, 3.63) is 47.1 Å². The van der Waals surface area contributed by atoms with Crippen LogP contribution in [0.3, 0.4) is 0 Å². The molecule has 19 heavy (non-hydrogen) atoms. The monoisotopic (exact) mass is 257 g/mol. The van der Waals surface area contributed by atoms with Gasteiger partial charge in [-0.25, -0.2) is 0 Å². The van der Waals surface area contributed by atoms with E-state index in [4.69, 9.17) is 4.52 Å². The van der Waals surface area contributed by atoms with Gasteiger partial charge in [0.25, 0.3) is 0 Å². The molecule has 0 saturated carbocycles. The summed E-state index contributed by atoms with van der Waals surface area (Å²) in [5.74, 6) is 1.51. The van der Waals surface area contributed by atoms with Crippen LogP contribution in [0.15, 0.2) is 28.8 Å². The predicted octanol–water partition coefficient (Wildman–Crippen LogP) is 2.65. The number of nitrogens with one attached hydrogen (secondary N) is 1. The van der Waals surface area contributed by atoms with E-state index >= 15 is 0 Å². The zero-order chi connectivity index (χ0) is 13.1. The van der Waals surface area contributed by atoms with Crippen molar-refractivity contribution in [2.24, 2.45) is 0 Å². The summed E-state index contributed by atoms with van der Waals surface area (Å²) in [6, 6.07) is 8.52. The molecule has 0 bridgehead atoms. The molecule has 1 unspecified atom stereocenters. The Labute approximate surface area is 113 Å². The molecule has 1 aromatic carbocycles. The van der Waals surface area contributed by atoms with E-state index in [0.717, 1.165) is 38.1 Å². The Bertz CT molecular complexity index is 550. The number of hydrogen-bond acceptors (Lipinski definition) is 4. The molecule has 1 aliphatic rings. The van der Waals surface area contributed by atoms with Crippen LogP contribution in [-0.2, 0) is 12.8 Å². The molecular formula is C15H19N3O. The Morgan fingerprint density at radius 1 is 1.37 bits per heavy atom. The van der Waals surface area contributed by atoms with E-state index in [1.54, 1.807) is 0 Å². The third kappa shape index (κ3) is 2.54. The molecule has 0 aliphatic carbocycles. The predicted molar refractivity (Wildman–Crippen MR) is 72.9 cm³/mol. The van der Waals surface area contributed by atoms with Crippen LogP contribution in [0.1, 0.15) is 48.6 Å². The fourth-order valence-electron chi connectivity index (χ4n) is 2.55.